The Morgan fingerprint density at radius 3 is 2.47 bits per heavy atom. The van der Waals surface area contributed by atoms with Crippen molar-refractivity contribution in [3.63, 3.8) is 0 Å². The molecule has 0 saturated carbocycles. The SMILES string of the molecule is C=Cc1ccc2[nH]c3ccccc3c2c1C=C. The molecule has 3 rings (SSSR count). The van der Waals surface area contributed by atoms with Gasteiger partial charge < -0.3 is 4.98 Å². The van der Waals surface area contributed by atoms with Crippen LogP contribution in [-0.2, 0) is 0 Å². The van der Waals surface area contributed by atoms with Crippen molar-refractivity contribution in [2.24, 2.45) is 0 Å². The molecule has 0 bridgehead atoms. The van der Waals surface area contributed by atoms with Crippen LogP contribution in [0.25, 0.3) is 34.0 Å². The fourth-order valence-corrected chi connectivity index (χ4v) is 2.38. The lowest BCUT2D eigenvalue weighted by Gasteiger charge is -2.03. The van der Waals surface area contributed by atoms with Gasteiger partial charge in [-0.3, -0.25) is 0 Å². The Kier molecular flexibility index (Phi) is 2.12. The van der Waals surface area contributed by atoms with E-state index in [1.54, 1.807) is 0 Å². The van der Waals surface area contributed by atoms with Gasteiger partial charge in [0.2, 0.25) is 0 Å². The zero-order chi connectivity index (χ0) is 11.8. The van der Waals surface area contributed by atoms with Crippen molar-refractivity contribution in [1.29, 1.82) is 0 Å². The highest BCUT2D eigenvalue weighted by Crippen LogP contribution is 2.31. The molecule has 0 amide bonds. The van der Waals surface area contributed by atoms with Crippen LogP contribution in [0.3, 0.4) is 0 Å². The fourth-order valence-electron chi connectivity index (χ4n) is 2.38. The first-order valence-electron chi connectivity index (χ1n) is 5.63. The van der Waals surface area contributed by atoms with Crippen LogP contribution >= 0.6 is 0 Å². The Morgan fingerprint density at radius 1 is 0.882 bits per heavy atom. The van der Waals surface area contributed by atoms with Gasteiger partial charge in [-0.25, -0.2) is 0 Å². The lowest BCUT2D eigenvalue weighted by molar-refractivity contribution is 1.54. The minimum absolute atomic E-state index is 1.12. The zero-order valence-corrected chi connectivity index (χ0v) is 9.53. The number of aromatic amines is 1. The second-order valence-corrected chi connectivity index (χ2v) is 4.07. The van der Waals surface area contributed by atoms with Gasteiger partial charge >= 0.3 is 0 Å². The van der Waals surface area contributed by atoms with Crippen LogP contribution in [0.4, 0.5) is 0 Å². The molecule has 1 heteroatoms. The lowest BCUT2D eigenvalue weighted by Crippen LogP contribution is -1.81. The van der Waals surface area contributed by atoms with Crippen LogP contribution in [0.2, 0.25) is 0 Å². The van der Waals surface area contributed by atoms with Gasteiger partial charge in [0.1, 0.15) is 0 Å². The molecule has 2 aromatic carbocycles. The van der Waals surface area contributed by atoms with Crippen molar-refractivity contribution in [3.05, 3.63) is 60.7 Å². The third-order valence-corrected chi connectivity index (χ3v) is 3.17. The van der Waals surface area contributed by atoms with E-state index in [4.69, 9.17) is 0 Å². The summed E-state index contributed by atoms with van der Waals surface area (Å²) < 4.78 is 0. The second kappa shape index (κ2) is 3.63. The van der Waals surface area contributed by atoms with Crippen LogP contribution in [-0.4, -0.2) is 4.98 Å². The fraction of sp³-hybridized carbons (Fsp3) is 0. The van der Waals surface area contributed by atoms with Crippen molar-refractivity contribution in [3.8, 4) is 0 Å². The van der Waals surface area contributed by atoms with Gasteiger partial charge in [0.05, 0.1) is 0 Å². The predicted molar refractivity (Wildman–Crippen MR) is 76.0 cm³/mol. The van der Waals surface area contributed by atoms with E-state index < -0.39 is 0 Å². The number of hydrogen-bond donors (Lipinski definition) is 1. The van der Waals surface area contributed by atoms with E-state index in [9.17, 15) is 0 Å². The van der Waals surface area contributed by atoms with Crippen molar-refractivity contribution in [1.82, 2.24) is 4.98 Å². The van der Waals surface area contributed by atoms with Crippen LogP contribution in [0.5, 0.6) is 0 Å². The van der Waals surface area contributed by atoms with E-state index in [1.807, 2.05) is 18.2 Å². The maximum absolute atomic E-state index is 3.91. The molecule has 0 aliphatic carbocycles. The first-order valence-corrected chi connectivity index (χ1v) is 5.63. The molecule has 0 unspecified atom stereocenters. The van der Waals surface area contributed by atoms with E-state index in [1.165, 1.54) is 10.8 Å². The molecular weight excluding hydrogens is 206 g/mol. The van der Waals surface area contributed by atoms with Gasteiger partial charge in [-0.2, -0.15) is 0 Å². The summed E-state index contributed by atoms with van der Waals surface area (Å²) in [6.45, 7) is 7.77. The maximum Gasteiger partial charge on any atom is 0.0471 e. The Bertz CT molecular complexity index is 732. The molecule has 1 N–H and O–H groups in total. The first-order chi connectivity index (χ1) is 8.35. The molecular formula is C16H13N. The predicted octanol–water partition coefficient (Wildman–Crippen LogP) is 4.61. The van der Waals surface area contributed by atoms with Crippen molar-refractivity contribution < 1.29 is 0 Å². The van der Waals surface area contributed by atoms with E-state index in [2.05, 4.69) is 48.5 Å². The minimum atomic E-state index is 1.12. The Hall–Kier alpha value is -2.28. The summed E-state index contributed by atoms with van der Waals surface area (Å²) in [5.74, 6) is 0. The number of benzene rings is 2. The van der Waals surface area contributed by atoms with Gasteiger partial charge in [0.15, 0.2) is 0 Å². The second-order valence-electron chi connectivity index (χ2n) is 4.07. The van der Waals surface area contributed by atoms with E-state index in [-0.39, 0.29) is 0 Å². The number of rotatable bonds is 2. The summed E-state index contributed by atoms with van der Waals surface area (Å²) in [6, 6.07) is 12.5. The van der Waals surface area contributed by atoms with E-state index in [0.29, 0.717) is 0 Å². The molecule has 0 saturated heterocycles. The summed E-state index contributed by atoms with van der Waals surface area (Å²) in [4.78, 5) is 3.42. The Labute approximate surface area is 100 Å². The van der Waals surface area contributed by atoms with Crippen LogP contribution in [0, 0.1) is 0 Å². The number of hydrogen-bond acceptors (Lipinski definition) is 0. The van der Waals surface area contributed by atoms with E-state index >= 15 is 0 Å². The number of fused-ring (bicyclic) bond motifs is 3. The maximum atomic E-state index is 3.91. The average Bonchev–Trinajstić information content (AvgIpc) is 2.76. The topological polar surface area (TPSA) is 15.8 Å². The molecule has 0 fully saturated rings. The van der Waals surface area contributed by atoms with E-state index in [0.717, 1.165) is 22.2 Å². The zero-order valence-electron chi connectivity index (χ0n) is 9.53. The van der Waals surface area contributed by atoms with Crippen LogP contribution in [0.1, 0.15) is 11.1 Å². The summed E-state index contributed by atoms with van der Waals surface area (Å²) in [7, 11) is 0. The smallest absolute Gasteiger partial charge is 0.0471 e. The largest absolute Gasteiger partial charge is 0.354 e. The first kappa shape index (κ1) is 9.91. The highest BCUT2D eigenvalue weighted by molar-refractivity contribution is 6.12. The highest BCUT2D eigenvalue weighted by Gasteiger charge is 2.08. The van der Waals surface area contributed by atoms with Crippen LogP contribution < -0.4 is 0 Å². The van der Waals surface area contributed by atoms with Gasteiger partial charge in [0, 0.05) is 21.8 Å². The summed E-state index contributed by atoms with van der Waals surface area (Å²) in [6.07, 6.45) is 3.78. The molecule has 1 nitrogen and oxygen atoms in total. The monoisotopic (exact) mass is 219 g/mol. The summed E-state index contributed by atoms with van der Waals surface area (Å²) >= 11 is 0. The van der Waals surface area contributed by atoms with Crippen molar-refractivity contribution in [2.45, 2.75) is 0 Å². The minimum Gasteiger partial charge on any atom is -0.354 e. The molecule has 82 valence electrons. The van der Waals surface area contributed by atoms with Crippen molar-refractivity contribution >= 4 is 34.0 Å². The average molecular weight is 219 g/mol. The lowest BCUT2D eigenvalue weighted by atomic mass is 10.0. The molecule has 0 aliphatic heterocycles. The highest BCUT2D eigenvalue weighted by atomic mass is 14.7. The number of aromatic nitrogens is 1. The molecule has 3 aromatic rings. The normalized spacial score (nSPS) is 10.8. The summed E-state index contributed by atoms with van der Waals surface area (Å²) in [5, 5.41) is 2.47. The number of H-pyrrole nitrogens is 1. The molecule has 1 aromatic heterocycles. The van der Waals surface area contributed by atoms with Gasteiger partial charge in [-0.15, -0.1) is 0 Å². The van der Waals surface area contributed by atoms with Gasteiger partial charge in [-0.05, 0) is 23.3 Å². The number of nitrogens with one attached hydrogen (secondary N) is 1. The quantitative estimate of drug-likeness (QED) is 0.648. The van der Waals surface area contributed by atoms with Gasteiger partial charge in [0.25, 0.3) is 0 Å². The third kappa shape index (κ3) is 1.32. The number of para-hydroxylation sites is 1. The Morgan fingerprint density at radius 2 is 1.71 bits per heavy atom. The molecule has 0 atom stereocenters. The van der Waals surface area contributed by atoms with Crippen LogP contribution in [0.15, 0.2) is 49.6 Å². The molecule has 17 heavy (non-hydrogen) atoms. The molecule has 0 aliphatic rings. The Balaban J connectivity index is 2.60. The molecule has 0 spiro atoms. The summed E-state index contributed by atoms with van der Waals surface area (Å²) in [5.41, 5.74) is 4.57. The molecule has 1 heterocycles. The molecule has 0 radical (unpaired) electrons. The van der Waals surface area contributed by atoms with Crippen molar-refractivity contribution in [2.75, 3.05) is 0 Å². The standard InChI is InChI=1S/C16H13N/c1-3-11-9-10-15-16(12(11)4-2)13-7-5-6-8-14(13)17-15/h3-10,17H,1-2H2. The third-order valence-electron chi connectivity index (χ3n) is 3.17. The van der Waals surface area contributed by atoms with Gasteiger partial charge in [-0.1, -0.05) is 49.6 Å².